The first-order chi connectivity index (χ1) is 9.76. The van der Waals surface area contributed by atoms with E-state index in [-0.39, 0.29) is 12.1 Å². The number of ether oxygens (including phenoxy) is 1. The van der Waals surface area contributed by atoms with Gasteiger partial charge < -0.3 is 20.7 Å². The molecular weight excluding hydrogens is 254 g/mol. The van der Waals surface area contributed by atoms with Crippen molar-refractivity contribution in [2.45, 2.75) is 69.0 Å². The van der Waals surface area contributed by atoms with E-state index in [4.69, 9.17) is 4.74 Å². The zero-order chi connectivity index (χ0) is 13.8. The third-order valence-corrected chi connectivity index (χ3v) is 5.04. The fraction of sp³-hybridized carbons (Fsp3) is 0.933. The molecule has 0 aromatic heterocycles. The standard InChI is InChI=1S/C15H27N3O2/c19-14(18-13-5-9-20-11-13)17-12-4-8-16-15(10-12)6-2-1-3-7-15/h12-13,16H,1-11H2,(H2,17,18,19). The lowest BCUT2D eigenvalue weighted by molar-refractivity contribution is 0.156. The molecule has 2 unspecified atom stereocenters. The van der Waals surface area contributed by atoms with E-state index < -0.39 is 0 Å². The summed E-state index contributed by atoms with van der Waals surface area (Å²) in [6.07, 6.45) is 9.61. The molecule has 3 rings (SSSR count). The number of rotatable bonds is 2. The highest BCUT2D eigenvalue weighted by Crippen LogP contribution is 2.34. The van der Waals surface area contributed by atoms with Crippen LogP contribution in [0.25, 0.3) is 0 Å². The minimum absolute atomic E-state index is 0.0154. The van der Waals surface area contributed by atoms with Crippen LogP contribution in [-0.2, 0) is 4.74 Å². The van der Waals surface area contributed by atoms with Gasteiger partial charge in [0.25, 0.3) is 0 Å². The summed E-state index contributed by atoms with van der Waals surface area (Å²) in [5.74, 6) is 0. The van der Waals surface area contributed by atoms with Gasteiger partial charge in [-0.25, -0.2) is 4.79 Å². The van der Waals surface area contributed by atoms with E-state index in [1.807, 2.05) is 0 Å². The highest BCUT2D eigenvalue weighted by molar-refractivity contribution is 5.74. The largest absolute Gasteiger partial charge is 0.379 e. The first kappa shape index (κ1) is 14.1. The average Bonchev–Trinajstić information content (AvgIpc) is 2.92. The Morgan fingerprint density at radius 3 is 2.65 bits per heavy atom. The zero-order valence-electron chi connectivity index (χ0n) is 12.2. The molecule has 0 bridgehead atoms. The Kier molecular flexibility index (Phi) is 4.46. The maximum absolute atomic E-state index is 12.0. The number of amides is 2. The molecule has 0 radical (unpaired) electrons. The molecule has 114 valence electrons. The van der Waals surface area contributed by atoms with Gasteiger partial charge in [-0.3, -0.25) is 0 Å². The molecule has 20 heavy (non-hydrogen) atoms. The van der Waals surface area contributed by atoms with E-state index >= 15 is 0 Å². The van der Waals surface area contributed by atoms with Crippen molar-refractivity contribution in [2.24, 2.45) is 0 Å². The van der Waals surface area contributed by atoms with Crippen LogP contribution >= 0.6 is 0 Å². The van der Waals surface area contributed by atoms with E-state index in [2.05, 4.69) is 16.0 Å². The van der Waals surface area contributed by atoms with Crippen molar-refractivity contribution in [3.63, 3.8) is 0 Å². The number of hydrogen-bond acceptors (Lipinski definition) is 3. The maximum atomic E-state index is 12.0. The first-order valence-electron chi connectivity index (χ1n) is 8.16. The highest BCUT2D eigenvalue weighted by Gasteiger charge is 2.37. The average molecular weight is 281 g/mol. The molecule has 0 aromatic rings. The zero-order valence-corrected chi connectivity index (χ0v) is 12.2. The molecule has 0 aromatic carbocycles. The summed E-state index contributed by atoms with van der Waals surface area (Å²) in [7, 11) is 0. The van der Waals surface area contributed by atoms with Gasteiger partial charge >= 0.3 is 6.03 Å². The van der Waals surface area contributed by atoms with Crippen LogP contribution in [0.15, 0.2) is 0 Å². The summed E-state index contributed by atoms with van der Waals surface area (Å²) in [5.41, 5.74) is 0.297. The normalized spacial score (nSPS) is 33.0. The molecule has 2 heterocycles. The second kappa shape index (κ2) is 6.31. The van der Waals surface area contributed by atoms with Crippen molar-refractivity contribution in [1.29, 1.82) is 0 Å². The number of nitrogens with one attached hydrogen (secondary N) is 3. The van der Waals surface area contributed by atoms with Crippen LogP contribution in [0.1, 0.15) is 51.4 Å². The van der Waals surface area contributed by atoms with Crippen LogP contribution in [-0.4, -0.2) is 43.4 Å². The SMILES string of the molecule is O=C(NC1CCOC1)NC1CCNC2(CCCCC2)C1. The lowest BCUT2D eigenvalue weighted by Gasteiger charge is -2.44. The molecule has 3 fully saturated rings. The lowest BCUT2D eigenvalue weighted by atomic mass is 9.75. The van der Waals surface area contributed by atoms with Crippen molar-refractivity contribution < 1.29 is 9.53 Å². The topological polar surface area (TPSA) is 62.4 Å². The van der Waals surface area contributed by atoms with Crippen LogP contribution in [0, 0.1) is 0 Å². The summed E-state index contributed by atoms with van der Waals surface area (Å²) < 4.78 is 5.29. The summed E-state index contributed by atoms with van der Waals surface area (Å²) in [6.45, 7) is 2.45. The second-order valence-electron chi connectivity index (χ2n) is 6.64. The van der Waals surface area contributed by atoms with Gasteiger partial charge in [0.15, 0.2) is 0 Å². The molecule has 1 saturated carbocycles. The Bertz CT molecular complexity index is 331. The molecule has 2 atom stereocenters. The molecule has 2 aliphatic heterocycles. The summed E-state index contributed by atoms with van der Waals surface area (Å²) in [4.78, 5) is 12.0. The van der Waals surface area contributed by atoms with Crippen LogP contribution < -0.4 is 16.0 Å². The number of carbonyl (C=O) groups excluding carboxylic acids is 1. The van der Waals surface area contributed by atoms with Crippen molar-refractivity contribution in [3.8, 4) is 0 Å². The minimum atomic E-state index is -0.0154. The molecule has 3 N–H and O–H groups in total. The molecule has 1 aliphatic carbocycles. The Hall–Kier alpha value is -0.810. The Morgan fingerprint density at radius 1 is 1.10 bits per heavy atom. The summed E-state index contributed by atoms with van der Waals surface area (Å²) in [5, 5.41) is 9.91. The van der Waals surface area contributed by atoms with Gasteiger partial charge in [-0.2, -0.15) is 0 Å². The van der Waals surface area contributed by atoms with Crippen LogP contribution in [0.5, 0.6) is 0 Å². The van der Waals surface area contributed by atoms with Crippen molar-refractivity contribution in [1.82, 2.24) is 16.0 Å². The molecular formula is C15H27N3O2. The van der Waals surface area contributed by atoms with Crippen LogP contribution in [0.2, 0.25) is 0 Å². The smallest absolute Gasteiger partial charge is 0.315 e. The maximum Gasteiger partial charge on any atom is 0.315 e. The van der Waals surface area contributed by atoms with Gasteiger partial charge in [0.2, 0.25) is 0 Å². The summed E-state index contributed by atoms with van der Waals surface area (Å²) >= 11 is 0. The predicted molar refractivity (Wildman–Crippen MR) is 77.7 cm³/mol. The van der Waals surface area contributed by atoms with Crippen molar-refractivity contribution in [3.05, 3.63) is 0 Å². The van der Waals surface area contributed by atoms with Gasteiger partial charge in [0.05, 0.1) is 12.6 Å². The minimum Gasteiger partial charge on any atom is -0.379 e. The Morgan fingerprint density at radius 2 is 1.90 bits per heavy atom. The monoisotopic (exact) mass is 281 g/mol. The van der Waals surface area contributed by atoms with Crippen LogP contribution in [0.4, 0.5) is 4.79 Å². The van der Waals surface area contributed by atoms with Crippen molar-refractivity contribution >= 4 is 6.03 Å². The Balaban J connectivity index is 1.48. The van der Waals surface area contributed by atoms with Gasteiger partial charge in [-0.15, -0.1) is 0 Å². The molecule has 3 aliphatic rings. The van der Waals surface area contributed by atoms with Gasteiger partial charge in [-0.05, 0) is 38.6 Å². The van der Waals surface area contributed by atoms with Crippen LogP contribution in [0.3, 0.4) is 0 Å². The van der Waals surface area contributed by atoms with E-state index in [1.165, 1.54) is 32.1 Å². The van der Waals surface area contributed by atoms with E-state index in [0.717, 1.165) is 32.4 Å². The quantitative estimate of drug-likeness (QED) is 0.719. The predicted octanol–water partition coefficient (Wildman–Crippen LogP) is 1.53. The third-order valence-electron chi connectivity index (χ3n) is 5.04. The van der Waals surface area contributed by atoms with Crippen molar-refractivity contribution in [2.75, 3.05) is 19.8 Å². The fourth-order valence-corrected chi connectivity index (χ4v) is 3.95. The Labute approximate surface area is 121 Å². The molecule has 5 heteroatoms. The van der Waals surface area contributed by atoms with Gasteiger partial charge in [-0.1, -0.05) is 19.3 Å². The number of piperidine rings is 1. The second-order valence-corrected chi connectivity index (χ2v) is 6.64. The summed E-state index contributed by atoms with van der Waals surface area (Å²) in [6, 6.07) is 0.496. The van der Waals surface area contributed by atoms with E-state index in [1.54, 1.807) is 0 Å². The highest BCUT2D eigenvalue weighted by atomic mass is 16.5. The third kappa shape index (κ3) is 3.44. The molecule has 5 nitrogen and oxygen atoms in total. The fourth-order valence-electron chi connectivity index (χ4n) is 3.95. The molecule has 2 amide bonds. The molecule has 1 spiro atoms. The van der Waals surface area contributed by atoms with E-state index in [9.17, 15) is 4.79 Å². The van der Waals surface area contributed by atoms with E-state index in [0.29, 0.717) is 18.2 Å². The number of carbonyl (C=O) groups is 1. The molecule has 2 saturated heterocycles. The van der Waals surface area contributed by atoms with Gasteiger partial charge in [0.1, 0.15) is 0 Å². The number of urea groups is 1. The van der Waals surface area contributed by atoms with Gasteiger partial charge in [0, 0.05) is 18.2 Å². The number of hydrogen-bond donors (Lipinski definition) is 3. The lowest BCUT2D eigenvalue weighted by Crippen LogP contribution is -2.58. The first-order valence-corrected chi connectivity index (χ1v) is 8.16.